The van der Waals surface area contributed by atoms with Gasteiger partial charge in [0.1, 0.15) is 0 Å². The predicted octanol–water partition coefficient (Wildman–Crippen LogP) is 3.95. The number of esters is 1. The van der Waals surface area contributed by atoms with Gasteiger partial charge in [0.05, 0.1) is 29.4 Å². The molecule has 0 bridgehead atoms. The van der Waals surface area contributed by atoms with Crippen LogP contribution in [0.3, 0.4) is 0 Å². The van der Waals surface area contributed by atoms with E-state index in [2.05, 4.69) is 11.9 Å². The fourth-order valence-corrected chi connectivity index (χ4v) is 5.81. The van der Waals surface area contributed by atoms with Crippen molar-refractivity contribution in [1.82, 2.24) is 5.32 Å². The van der Waals surface area contributed by atoms with Crippen LogP contribution in [0.5, 0.6) is 0 Å². The number of sulfone groups is 1. The molecular formula is C25H33NO5S. The van der Waals surface area contributed by atoms with E-state index >= 15 is 0 Å². The lowest BCUT2D eigenvalue weighted by Gasteiger charge is -2.27. The summed E-state index contributed by atoms with van der Waals surface area (Å²) in [6.45, 7) is 8.51. The molecule has 0 aliphatic rings. The van der Waals surface area contributed by atoms with Gasteiger partial charge in [0.15, 0.2) is 9.84 Å². The summed E-state index contributed by atoms with van der Waals surface area (Å²) in [6, 6.07) is 17.9. The summed E-state index contributed by atoms with van der Waals surface area (Å²) < 4.78 is 37.5. The largest absolute Gasteiger partial charge is 0.466 e. The van der Waals surface area contributed by atoms with Crippen LogP contribution in [0, 0.1) is 5.92 Å². The molecule has 0 saturated heterocycles. The molecule has 0 aliphatic carbocycles. The highest BCUT2D eigenvalue weighted by Crippen LogP contribution is 2.29. The predicted molar refractivity (Wildman–Crippen MR) is 126 cm³/mol. The van der Waals surface area contributed by atoms with Crippen molar-refractivity contribution in [3.63, 3.8) is 0 Å². The Kier molecular flexibility index (Phi) is 10.1. The topological polar surface area (TPSA) is 81.7 Å². The van der Waals surface area contributed by atoms with E-state index in [0.29, 0.717) is 12.2 Å². The van der Waals surface area contributed by atoms with Crippen molar-refractivity contribution >= 4 is 15.8 Å². The standard InChI is InChI=1S/C25H33NO5S/c1-5-31-24(27)16-19(2)25(32(28,29)22-14-10-7-11-15-22)20(3)17-26-23(18-30-4)21-12-8-6-9-13-21/h6-15,19,23,25-26H,3,5,16-18H2,1-2,4H3/t19-,23-,25+/m1/s1. The lowest BCUT2D eigenvalue weighted by Crippen LogP contribution is -2.37. The molecule has 1 N–H and O–H groups in total. The van der Waals surface area contributed by atoms with Gasteiger partial charge in [-0.05, 0) is 36.1 Å². The average Bonchev–Trinajstić information content (AvgIpc) is 2.77. The van der Waals surface area contributed by atoms with Crippen molar-refractivity contribution in [2.75, 3.05) is 26.9 Å². The fraction of sp³-hybridized carbons (Fsp3) is 0.400. The fourth-order valence-electron chi connectivity index (χ4n) is 3.75. The van der Waals surface area contributed by atoms with Gasteiger partial charge in [0, 0.05) is 20.1 Å². The molecule has 174 valence electrons. The Morgan fingerprint density at radius 2 is 1.66 bits per heavy atom. The first-order valence-corrected chi connectivity index (χ1v) is 12.2. The number of hydrogen-bond acceptors (Lipinski definition) is 6. The van der Waals surface area contributed by atoms with Gasteiger partial charge in [0.2, 0.25) is 0 Å². The summed E-state index contributed by atoms with van der Waals surface area (Å²) in [5, 5.41) is 2.43. The van der Waals surface area contributed by atoms with Gasteiger partial charge in [-0.3, -0.25) is 4.79 Å². The first kappa shape index (κ1) is 25.8. The van der Waals surface area contributed by atoms with E-state index in [1.807, 2.05) is 30.3 Å². The lowest BCUT2D eigenvalue weighted by molar-refractivity contribution is -0.144. The molecule has 0 heterocycles. The Balaban J connectivity index is 2.27. The molecule has 0 radical (unpaired) electrons. The molecule has 0 saturated carbocycles. The van der Waals surface area contributed by atoms with Crippen LogP contribution in [0.2, 0.25) is 0 Å². The quantitative estimate of drug-likeness (QED) is 0.361. The Labute approximate surface area is 191 Å². The maximum atomic E-state index is 13.5. The van der Waals surface area contributed by atoms with E-state index in [9.17, 15) is 13.2 Å². The second kappa shape index (κ2) is 12.5. The Morgan fingerprint density at radius 1 is 1.06 bits per heavy atom. The maximum Gasteiger partial charge on any atom is 0.306 e. The molecule has 7 heteroatoms. The molecule has 32 heavy (non-hydrogen) atoms. The van der Waals surface area contributed by atoms with Crippen LogP contribution in [0.25, 0.3) is 0 Å². The van der Waals surface area contributed by atoms with Crippen LogP contribution in [0.15, 0.2) is 77.7 Å². The molecule has 0 amide bonds. The normalized spacial score (nSPS) is 14.3. The average molecular weight is 460 g/mol. The van der Waals surface area contributed by atoms with Gasteiger partial charge < -0.3 is 14.8 Å². The van der Waals surface area contributed by atoms with Crippen molar-refractivity contribution in [1.29, 1.82) is 0 Å². The number of ether oxygens (including phenoxy) is 2. The molecule has 0 spiro atoms. The van der Waals surface area contributed by atoms with Crippen molar-refractivity contribution in [2.45, 2.75) is 36.5 Å². The van der Waals surface area contributed by atoms with Crippen molar-refractivity contribution in [3.05, 3.63) is 78.4 Å². The minimum Gasteiger partial charge on any atom is -0.466 e. The Morgan fingerprint density at radius 3 is 2.22 bits per heavy atom. The van der Waals surface area contributed by atoms with E-state index in [1.165, 1.54) is 0 Å². The zero-order valence-corrected chi connectivity index (χ0v) is 19.8. The zero-order chi connectivity index (χ0) is 23.6. The Bertz CT molecular complexity index is 960. The van der Waals surface area contributed by atoms with Crippen LogP contribution in [0.4, 0.5) is 0 Å². The maximum absolute atomic E-state index is 13.5. The van der Waals surface area contributed by atoms with Gasteiger partial charge in [0.25, 0.3) is 0 Å². The number of carbonyl (C=O) groups is 1. The number of methoxy groups -OCH3 is 1. The molecule has 2 aromatic carbocycles. The molecule has 2 rings (SSSR count). The molecule has 0 unspecified atom stereocenters. The lowest BCUT2D eigenvalue weighted by atomic mass is 9.97. The second-order valence-corrected chi connectivity index (χ2v) is 9.79. The molecule has 0 aliphatic heterocycles. The Hall–Kier alpha value is -2.48. The number of rotatable bonds is 13. The van der Waals surface area contributed by atoms with E-state index < -0.39 is 27.0 Å². The van der Waals surface area contributed by atoms with E-state index in [-0.39, 0.29) is 30.5 Å². The summed E-state index contributed by atoms with van der Waals surface area (Å²) in [5.74, 6) is -0.929. The minimum atomic E-state index is -3.76. The third kappa shape index (κ3) is 7.02. The van der Waals surface area contributed by atoms with Crippen molar-refractivity contribution in [2.24, 2.45) is 5.92 Å². The van der Waals surface area contributed by atoms with Gasteiger partial charge in [-0.15, -0.1) is 0 Å². The number of carbonyl (C=O) groups excluding carboxylic acids is 1. The van der Waals surface area contributed by atoms with Crippen LogP contribution in [-0.4, -0.2) is 46.5 Å². The third-order valence-electron chi connectivity index (χ3n) is 5.23. The molecule has 6 nitrogen and oxygen atoms in total. The number of nitrogens with one attached hydrogen (secondary N) is 1. The summed E-state index contributed by atoms with van der Waals surface area (Å²) in [7, 11) is -2.14. The monoisotopic (exact) mass is 459 g/mol. The third-order valence-corrected chi connectivity index (χ3v) is 7.63. The first-order valence-electron chi connectivity index (χ1n) is 10.7. The van der Waals surface area contributed by atoms with Crippen molar-refractivity contribution < 1.29 is 22.7 Å². The molecule has 3 atom stereocenters. The van der Waals surface area contributed by atoms with Crippen LogP contribution < -0.4 is 5.32 Å². The van der Waals surface area contributed by atoms with Gasteiger partial charge in [-0.1, -0.05) is 62.0 Å². The van der Waals surface area contributed by atoms with E-state index in [1.54, 1.807) is 51.3 Å². The van der Waals surface area contributed by atoms with Crippen molar-refractivity contribution in [3.8, 4) is 0 Å². The van der Waals surface area contributed by atoms with Gasteiger partial charge in [-0.2, -0.15) is 0 Å². The van der Waals surface area contributed by atoms with Gasteiger partial charge >= 0.3 is 5.97 Å². The highest BCUT2D eigenvalue weighted by Gasteiger charge is 2.36. The van der Waals surface area contributed by atoms with Crippen LogP contribution in [0.1, 0.15) is 31.9 Å². The van der Waals surface area contributed by atoms with Crippen LogP contribution >= 0.6 is 0 Å². The number of hydrogen-bond donors (Lipinski definition) is 1. The second-order valence-electron chi connectivity index (χ2n) is 7.72. The first-order chi connectivity index (χ1) is 15.3. The minimum absolute atomic E-state index is 0.0101. The molecule has 0 aromatic heterocycles. The summed E-state index contributed by atoms with van der Waals surface area (Å²) >= 11 is 0. The highest BCUT2D eigenvalue weighted by atomic mass is 32.2. The van der Waals surface area contributed by atoms with Gasteiger partial charge in [-0.25, -0.2) is 8.42 Å². The number of benzene rings is 2. The summed E-state index contributed by atoms with van der Waals surface area (Å²) in [6.07, 6.45) is -0.0101. The zero-order valence-electron chi connectivity index (χ0n) is 19.0. The highest BCUT2D eigenvalue weighted by molar-refractivity contribution is 7.92. The van der Waals surface area contributed by atoms with Crippen LogP contribution in [-0.2, 0) is 24.1 Å². The molecular weight excluding hydrogens is 426 g/mol. The SMILES string of the molecule is C=C(CN[C@H](COC)c1ccccc1)[C@H]([C@H](C)CC(=O)OCC)S(=O)(=O)c1ccccc1. The summed E-state index contributed by atoms with van der Waals surface area (Å²) in [4.78, 5) is 12.3. The molecule has 2 aromatic rings. The summed E-state index contributed by atoms with van der Waals surface area (Å²) in [5.41, 5.74) is 1.52. The van der Waals surface area contributed by atoms with E-state index in [0.717, 1.165) is 5.56 Å². The molecule has 0 fully saturated rings. The van der Waals surface area contributed by atoms with E-state index in [4.69, 9.17) is 9.47 Å². The smallest absolute Gasteiger partial charge is 0.306 e.